The maximum absolute atomic E-state index is 12.8. The standard InChI is InChI=1S/C27H29N5OS2/c1-3-12-32-25(21-14-20(21)18-8-6-5-7-9-18)30-31-27(32)34-16-24(33)29-26-22(15-28)19-11-10-17(4-2)13-23(19)35-26/h3,5-9,17,20-21H,1,4,10-14,16H2,2H3,(H,29,33). The molecule has 0 radical (unpaired) electrons. The summed E-state index contributed by atoms with van der Waals surface area (Å²) in [5.74, 6) is 2.53. The Bertz CT molecular complexity index is 1270. The molecule has 1 fully saturated rings. The highest BCUT2D eigenvalue weighted by molar-refractivity contribution is 7.99. The molecule has 1 saturated carbocycles. The lowest BCUT2D eigenvalue weighted by molar-refractivity contribution is -0.113. The quantitative estimate of drug-likeness (QED) is 0.290. The first-order valence-electron chi connectivity index (χ1n) is 12.2. The van der Waals surface area contributed by atoms with E-state index in [2.05, 4.69) is 63.9 Å². The topological polar surface area (TPSA) is 83.6 Å². The second kappa shape index (κ2) is 10.4. The van der Waals surface area contributed by atoms with Gasteiger partial charge in [0.2, 0.25) is 5.91 Å². The van der Waals surface area contributed by atoms with Crippen LogP contribution < -0.4 is 5.32 Å². The molecule has 3 atom stereocenters. The normalized spacial score (nSPS) is 20.6. The van der Waals surface area contributed by atoms with Crippen molar-refractivity contribution >= 4 is 34.0 Å². The number of allylic oxidation sites excluding steroid dienone is 1. The molecule has 0 aliphatic heterocycles. The Labute approximate surface area is 214 Å². The predicted octanol–water partition coefficient (Wildman–Crippen LogP) is 5.91. The van der Waals surface area contributed by atoms with Gasteiger partial charge in [0.15, 0.2) is 5.16 Å². The molecule has 0 saturated heterocycles. The van der Waals surface area contributed by atoms with Gasteiger partial charge < -0.3 is 9.88 Å². The second-order valence-electron chi connectivity index (χ2n) is 9.27. The summed E-state index contributed by atoms with van der Waals surface area (Å²) in [6.45, 7) is 6.72. The molecule has 5 rings (SSSR count). The number of aromatic nitrogens is 3. The molecule has 2 heterocycles. The van der Waals surface area contributed by atoms with Gasteiger partial charge >= 0.3 is 0 Å². The van der Waals surface area contributed by atoms with E-state index in [9.17, 15) is 10.1 Å². The number of anilines is 1. The van der Waals surface area contributed by atoms with E-state index in [0.717, 1.165) is 48.6 Å². The molecule has 6 nitrogen and oxygen atoms in total. The van der Waals surface area contributed by atoms with E-state index in [1.54, 1.807) is 11.3 Å². The van der Waals surface area contributed by atoms with Crippen LogP contribution in [0.4, 0.5) is 5.00 Å². The van der Waals surface area contributed by atoms with Gasteiger partial charge in [-0.2, -0.15) is 5.26 Å². The fourth-order valence-electron chi connectivity index (χ4n) is 5.03. The maximum Gasteiger partial charge on any atom is 0.235 e. The molecule has 1 aromatic carbocycles. The molecule has 2 aliphatic carbocycles. The zero-order valence-corrected chi connectivity index (χ0v) is 21.5. The van der Waals surface area contributed by atoms with Crippen LogP contribution in [0, 0.1) is 17.2 Å². The Morgan fingerprint density at radius 3 is 2.91 bits per heavy atom. The molecule has 2 aromatic heterocycles. The van der Waals surface area contributed by atoms with E-state index in [1.165, 1.54) is 22.2 Å². The molecule has 3 aromatic rings. The Hall–Kier alpha value is -2.89. The largest absolute Gasteiger partial charge is 0.316 e. The number of fused-ring (bicyclic) bond motifs is 1. The fourth-order valence-corrected chi connectivity index (χ4v) is 7.12. The summed E-state index contributed by atoms with van der Waals surface area (Å²) in [4.78, 5) is 14.1. The van der Waals surface area contributed by atoms with Crippen molar-refractivity contribution in [1.29, 1.82) is 5.26 Å². The highest BCUT2D eigenvalue weighted by Gasteiger charge is 2.43. The number of hydrogen-bond donors (Lipinski definition) is 1. The van der Waals surface area contributed by atoms with Crippen LogP contribution in [0.15, 0.2) is 48.1 Å². The Balaban J connectivity index is 1.25. The molecule has 2 aliphatic rings. The van der Waals surface area contributed by atoms with E-state index in [0.29, 0.717) is 34.9 Å². The van der Waals surface area contributed by atoms with Gasteiger partial charge in [0, 0.05) is 17.3 Å². The summed E-state index contributed by atoms with van der Waals surface area (Å²) in [6.07, 6.45) is 7.10. The zero-order chi connectivity index (χ0) is 24.4. The third-order valence-electron chi connectivity index (χ3n) is 7.05. The highest BCUT2D eigenvalue weighted by Crippen LogP contribution is 2.54. The minimum absolute atomic E-state index is 0.125. The van der Waals surface area contributed by atoms with Gasteiger partial charge in [-0.15, -0.1) is 28.1 Å². The van der Waals surface area contributed by atoms with Crippen molar-refractivity contribution in [1.82, 2.24) is 14.8 Å². The lowest BCUT2D eigenvalue weighted by atomic mass is 9.86. The van der Waals surface area contributed by atoms with Crippen molar-refractivity contribution < 1.29 is 4.79 Å². The SMILES string of the molecule is C=CCn1c(SCC(=O)Nc2sc3c(c2C#N)CCC(CC)C3)nnc1C1CC1c1ccccc1. The molecular weight excluding hydrogens is 474 g/mol. The summed E-state index contributed by atoms with van der Waals surface area (Å²) in [6, 6.07) is 12.8. The number of carbonyl (C=O) groups excluding carboxylic acids is 1. The number of hydrogen-bond acceptors (Lipinski definition) is 6. The summed E-state index contributed by atoms with van der Waals surface area (Å²) in [5, 5.41) is 23.1. The van der Waals surface area contributed by atoms with Gasteiger partial charge in [-0.05, 0) is 48.6 Å². The Kier molecular flexibility index (Phi) is 7.07. The van der Waals surface area contributed by atoms with Gasteiger partial charge in [0.1, 0.15) is 16.9 Å². The summed E-state index contributed by atoms with van der Waals surface area (Å²) < 4.78 is 2.08. The lowest BCUT2D eigenvalue weighted by Gasteiger charge is -2.20. The lowest BCUT2D eigenvalue weighted by Crippen LogP contribution is -2.15. The van der Waals surface area contributed by atoms with Crippen molar-refractivity contribution in [2.75, 3.05) is 11.1 Å². The maximum atomic E-state index is 12.8. The van der Waals surface area contributed by atoms with Crippen LogP contribution >= 0.6 is 23.1 Å². The number of amides is 1. The first kappa shape index (κ1) is 23.8. The van der Waals surface area contributed by atoms with Crippen molar-refractivity contribution in [2.45, 2.75) is 62.6 Å². The number of thioether (sulfide) groups is 1. The van der Waals surface area contributed by atoms with Gasteiger partial charge in [-0.1, -0.05) is 61.5 Å². The van der Waals surface area contributed by atoms with Gasteiger partial charge in [-0.25, -0.2) is 0 Å². The van der Waals surface area contributed by atoms with Crippen LogP contribution in [-0.4, -0.2) is 26.4 Å². The monoisotopic (exact) mass is 503 g/mol. The van der Waals surface area contributed by atoms with Crippen LogP contribution in [0.1, 0.15) is 65.4 Å². The van der Waals surface area contributed by atoms with Crippen molar-refractivity contribution in [3.8, 4) is 6.07 Å². The average molecular weight is 504 g/mol. The van der Waals surface area contributed by atoms with Gasteiger partial charge in [0.05, 0.1) is 11.3 Å². The van der Waals surface area contributed by atoms with Crippen molar-refractivity contribution in [2.24, 2.45) is 5.92 Å². The van der Waals surface area contributed by atoms with Crippen molar-refractivity contribution in [3.05, 3.63) is 70.4 Å². The molecular formula is C27H29N5OS2. The number of benzene rings is 1. The third-order valence-corrected chi connectivity index (χ3v) is 9.19. The van der Waals surface area contributed by atoms with Crippen LogP contribution in [0.25, 0.3) is 0 Å². The first-order chi connectivity index (χ1) is 17.1. The van der Waals surface area contributed by atoms with Crippen LogP contribution in [0.5, 0.6) is 0 Å². The molecule has 180 valence electrons. The summed E-state index contributed by atoms with van der Waals surface area (Å²) in [5.41, 5.74) is 3.12. The average Bonchev–Trinajstić information content (AvgIpc) is 3.46. The summed E-state index contributed by atoms with van der Waals surface area (Å²) >= 11 is 2.95. The molecule has 1 amide bonds. The van der Waals surface area contributed by atoms with E-state index < -0.39 is 0 Å². The predicted molar refractivity (Wildman–Crippen MR) is 141 cm³/mol. The Morgan fingerprint density at radius 1 is 1.34 bits per heavy atom. The van der Waals surface area contributed by atoms with Gasteiger partial charge in [-0.3, -0.25) is 4.79 Å². The smallest absolute Gasteiger partial charge is 0.235 e. The number of rotatable bonds is 9. The number of nitriles is 1. The van der Waals surface area contributed by atoms with Crippen LogP contribution in [-0.2, 0) is 24.2 Å². The third kappa shape index (κ3) is 4.93. The molecule has 8 heteroatoms. The number of carbonyl (C=O) groups is 1. The van der Waals surface area contributed by atoms with E-state index >= 15 is 0 Å². The van der Waals surface area contributed by atoms with Gasteiger partial charge in [0.25, 0.3) is 0 Å². The molecule has 3 unspecified atom stereocenters. The number of nitrogens with one attached hydrogen (secondary N) is 1. The minimum Gasteiger partial charge on any atom is -0.316 e. The van der Waals surface area contributed by atoms with Crippen LogP contribution in [0.3, 0.4) is 0 Å². The minimum atomic E-state index is -0.125. The van der Waals surface area contributed by atoms with E-state index in [1.807, 2.05) is 12.1 Å². The van der Waals surface area contributed by atoms with Crippen molar-refractivity contribution in [3.63, 3.8) is 0 Å². The van der Waals surface area contributed by atoms with E-state index in [4.69, 9.17) is 0 Å². The summed E-state index contributed by atoms with van der Waals surface area (Å²) in [7, 11) is 0. The highest BCUT2D eigenvalue weighted by atomic mass is 32.2. The molecule has 1 N–H and O–H groups in total. The fraction of sp³-hybridized carbons (Fsp3) is 0.407. The van der Waals surface area contributed by atoms with Crippen LogP contribution in [0.2, 0.25) is 0 Å². The number of thiophene rings is 1. The molecule has 0 bridgehead atoms. The molecule has 0 spiro atoms. The first-order valence-corrected chi connectivity index (χ1v) is 14.0. The zero-order valence-electron chi connectivity index (χ0n) is 19.9. The second-order valence-corrected chi connectivity index (χ2v) is 11.3. The number of nitrogens with zero attached hydrogens (tertiary/aromatic N) is 4. The van der Waals surface area contributed by atoms with E-state index in [-0.39, 0.29) is 11.7 Å². The molecule has 35 heavy (non-hydrogen) atoms. The Morgan fingerprint density at radius 2 is 2.17 bits per heavy atom.